The second-order valence-corrected chi connectivity index (χ2v) is 9.00. The SMILES string of the molecule is COc1ccc(S(=O)(=O)N2CCCC(c3nc(-c4cccc(OC)c4)no3)C2)cc1. The molecule has 0 N–H and O–H groups in total. The van der Waals surface area contributed by atoms with Gasteiger partial charge in [0.25, 0.3) is 0 Å². The van der Waals surface area contributed by atoms with Gasteiger partial charge >= 0.3 is 0 Å². The summed E-state index contributed by atoms with van der Waals surface area (Å²) >= 11 is 0. The number of ether oxygens (including phenoxy) is 2. The Morgan fingerprint density at radius 1 is 1.07 bits per heavy atom. The fourth-order valence-electron chi connectivity index (χ4n) is 3.54. The van der Waals surface area contributed by atoms with Crippen molar-refractivity contribution < 1.29 is 22.4 Å². The molecule has 0 saturated carbocycles. The number of hydrogen-bond acceptors (Lipinski definition) is 7. The highest BCUT2D eigenvalue weighted by molar-refractivity contribution is 7.89. The van der Waals surface area contributed by atoms with Crippen molar-refractivity contribution in [3.8, 4) is 22.9 Å². The summed E-state index contributed by atoms with van der Waals surface area (Å²) in [6, 6.07) is 13.8. The van der Waals surface area contributed by atoms with E-state index in [1.54, 1.807) is 38.5 Å². The van der Waals surface area contributed by atoms with Crippen molar-refractivity contribution in [2.24, 2.45) is 0 Å². The van der Waals surface area contributed by atoms with Gasteiger partial charge in [0.05, 0.1) is 25.0 Å². The van der Waals surface area contributed by atoms with Gasteiger partial charge in [-0.3, -0.25) is 0 Å². The van der Waals surface area contributed by atoms with E-state index in [0.717, 1.165) is 18.4 Å². The van der Waals surface area contributed by atoms with Crippen LogP contribution in [-0.2, 0) is 10.0 Å². The van der Waals surface area contributed by atoms with E-state index in [1.807, 2.05) is 24.3 Å². The third kappa shape index (κ3) is 4.03. The summed E-state index contributed by atoms with van der Waals surface area (Å²) in [5.41, 5.74) is 0.780. The molecule has 3 aromatic rings. The van der Waals surface area contributed by atoms with Crippen LogP contribution in [0.2, 0.25) is 0 Å². The van der Waals surface area contributed by atoms with Crippen LogP contribution >= 0.6 is 0 Å². The summed E-state index contributed by atoms with van der Waals surface area (Å²) in [5.74, 6) is 2.06. The van der Waals surface area contributed by atoms with Crippen LogP contribution in [0.5, 0.6) is 11.5 Å². The second kappa shape index (κ2) is 8.45. The molecule has 30 heavy (non-hydrogen) atoms. The number of nitrogens with zero attached hydrogens (tertiary/aromatic N) is 3. The minimum absolute atomic E-state index is 0.154. The van der Waals surface area contributed by atoms with E-state index >= 15 is 0 Å². The average Bonchev–Trinajstić information content (AvgIpc) is 3.30. The molecule has 2 heterocycles. The summed E-state index contributed by atoms with van der Waals surface area (Å²) in [5, 5.41) is 4.08. The zero-order chi connectivity index (χ0) is 21.1. The highest BCUT2D eigenvalue weighted by Crippen LogP contribution is 2.31. The normalized spacial score (nSPS) is 17.6. The number of sulfonamides is 1. The number of piperidine rings is 1. The first-order valence-corrected chi connectivity index (χ1v) is 11.1. The zero-order valence-corrected chi connectivity index (χ0v) is 17.6. The van der Waals surface area contributed by atoms with Crippen LogP contribution < -0.4 is 9.47 Å². The zero-order valence-electron chi connectivity index (χ0n) is 16.8. The summed E-state index contributed by atoms with van der Waals surface area (Å²) < 4.78 is 43.5. The Balaban J connectivity index is 1.53. The van der Waals surface area contributed by atoms with Gasteiger partial charge in [-0.15, -0.1) is 0 Å². The molecular formula is C21H23N3O5S. The fourth-order valence-corrected chi connectivity index (χ4v) is 5.06. The molecule has 1 aromatic heterocycles. The smallest absolute Gasteiger partial charge is 0.243 e. The van der Waals surface area contributed by atoms with Gasteiger partial charge in [-0.1, -0.05) is 17.3 Å². The highest BCUT2D eigenvalue weighted by atomic mass is 32.2. The molecule has 0 amide bonds. The van der Waals surface area contributed by atoms with E-state index in [2.05, 4.69) is 10.1 Å². The van der Waals surface area contributed by atoms with E-state index in [4.69, 9.17) is 14.0 Å². The Kier molecular flexibility index (Phi) is 5.74. The van der Waals surface area contributed by atoms with E-state index < -0.39 is 10.0 Å². The van der Waals surface area contributed by atoms with Crippen molar-refractivity contribution in [3.63, 3.8) is 0 Å². The monoisotopic (exact) mass is 429 g/mol. The lowest BCUT2D eigenvalue weighted by Gasteiger charge is -2.30. The molecule has 0 bridgehead atoms. The Bertz CT molecular complexity index is 1110. The molecule has 1 unspecified atom stereocenters. The largest absolute Gasteiger partial charge is 0.497 e. The molecule has 0 spiro atoms. The maximum absolute atomic E-state index is 13.1. The molecule has 4 rings (SSSR count). The van der Waals surface area contributed by atoms with Crippen molar-refractivity contribution in [2.45, 2.75) is 23.7 Å². The second-order valence-electron chi connectivity index (χ2n) is 7.07. The molecule has 1 fully saturated rings. The maximum Gasteiger partial charge on any atom is 0.243 e. The van der Waals surface area contributed by atoms with Gasteiger partial charge in [0.15, 0.2) is 0 Å². The molecule has 1 aliphatic rings. The summed E-state index contributed by atoms with van der Waals surface area (Å²) in [6.45, 7) is 0.760. The quantitative estimate of drug-likeness (QED) is 0.593. The minimum Gasteiger partial charge on any atom is -0.497 e. The van der Waals surface area contributed by atoms with Gasteiger partial charge < -0.3 is 14.0 Å². The number of methoxy groups -OCH3 is 2. The number of benzene rings is 2. The fraction of sp³-hybridized carbons (Fsp3) is 0.333. The maximum atomic E-state index is 13.1. The van der Waals surface area contributed by atoms with Crippen LogP contribution in [0, 0.1) is 0 Å². The molecule has 1 atom stereocenters. The van der Waals surface area contributed by atoms with Crippen molar-refractivity contribution in [2.75, 3.05) is 27.3 Å². The molecule has 158 valence electrons. The lowest BCUT2D eigenvalue weighted by Crippen LogP contribution is -2.39. The molecule has 1 aliphatic heterocycles. The van der Waals surface area contributed by atoms with Crippen molar-refractivity contribution in [1.29, 1.82) is 0 Å². The predicted molar refractivity (Wildman–Crippen MR) is 110 cm³/mol. The summed E-state index contributed by atoms with van der Waals surface area (Å²) in [6.07, 6.45) is 1.51. The Hall–Kier alpha value is -2.91. The van der Waals surface area contributed by atoms with Gasteiger partial charge in [-0.05, 0) is 49.2 Å². The van der Waals surface area contributed by atoms with Gasteiger partial charge in [0, 0.05) is 18.7 Å². The lowest BCUT2D eigenvalue weighted by molar-refractivity contribution is 0.265. The van der Waals surface area contributed by atoms with E-state index in [-0.39, 0.29) is 10.8 Å². The Morgan fingerprint density at radius 3 is 2.57 bits per heavy atom. The first-order chi connectivity index (χ1) is 14.5. The average molecular weight is 429 g/mol. The first-order valence-electron chi connectivity index (χ1n) is 9.63. The van der Waals surface area contributed by atoms with Crippen LogP contribution in [-0.4, -0.2) is 50.2 Å². The van der Waals surface area contributed by atoms with E-state index in [0.29, 0.717) is 36.3 Å². The van der Waals surface area contributed by atoms with Gasteiger partial charge in [0.2, 0.25) is 21.7 Å². The summed E-state index contributed by atoms with van der Waals surface area (Å²) in [4.78, 5) is 4.76. The molecule has 1 saturated heterocycles. The predicted octanol–water partition coefficient (Wildman–Crippen LogP) is 3.32. The standard InChI is InChI=1S/C21H23N3O5S/c1-27-17-8-10-19(11-9-17)30(25,26)24-12-4-6-16(14-24)21-22-20(23-29-21)15-5-3-7-18(13-15)28-2/h3,5,7-11,13,16H,4,6,12,14H2,1-2H3. The van der Waals surface area contributed by atoms with Gasteiger partial charge in [-0.2, -0.15) is 9.29 Å². The lowest BCUT2D eigenvalue weighted by atomic mass is 10.00. The van der Waals surface area contributed by atoms with Crippen LogP contribution in [0.25, 0.3) is 11.4 Å². The number of aromatic nitrogens is 2. The Morgan fingerprint density at radius 2 is 1.83 bits per heavy atom. The summed E-state index contributed by atoms with van der Waals surface area (Å²) in [7, 11) is -0.468. The van der Waals surface area contributed by atoms with Crippen molar-refractivity contribution in [1.82, 2.24) is 14.4 Å². The van der Waals surface area contributed by atoms with Crippen LogP contribution in [0.3, 0.4) is 0 Å². The molecule has 9 heteroatoms. The minimum atomic E-state index is -3.61. The number of hydrogen-bond donors (Lipinski definition) is 0. The Labute approximate surface area is 175 Å². The van der Waals surface area contributed by atoms with Gasteiger partial charge in [0.1, 0.15) is 11.5 Å². The molecule has 8 nitrogen and oxygen atoms in total. The van der Waals surface area contributed by atoms with Crippen LogP contribution in [0.15, 0.2) is 57.9 Å². The van der Waals surface area contributed by atoms with Crippen LogP contribution in [0.1, 0.15) is 24.7 Å². The molecule has 0 radical (unpaired) electrons. The molecule has 2 aromatic carbocycles. The first kappa shape index (κ1) is 20.4. The topological polar surface area (TPSA) is 94.8 Å². The van der Waals surface area contributed by atoms with E-state index in [9.17, 15) is 8.42 Å². The van der Waals surface area contributed by atoms with Gasteiger partial charge in [-0.25, -0.2) is 8.42 Å². The van der Waals surface area contributed by atoms with Crippen LogP contribution in [0.4, 0.5) is 0 Å². The third-order valence-corrected chi connectivity index (χ3v) is 7.08. The van der Waals surface area contributed by atoms with Crippen molar-refractivity contribution in [3.05, 3.63) is 54.4 Å². The molecule has 0 aliphatic carbocycles. The number of rotatable bonds is 6. The highest BCUT2D eigenvalue weighted by Gasteiger charge is 2.33. The van der Waals surface area contributed by atoms with E-state index in [1.165, 1.54) is 4.31 Å². The third-order valence-electron chi connectivity index (χ3n) is 5.20. The van der Waals surface area contributed by atoms with Crippen molar-refractivity contribution >= 4 is 10.0 Å². The molecular weight excluding hydrogens is 406 g/mol.